The van der Waals surface area contributed by atoms with Gasteiger partial charge in [0.15, 0.2) is 0 Å². The average Bonchev–Trinajstić information content (AvgIpc) is 2.44. The van der Waals surface area contributed by atoms with E-state index in [-0.39, 0.29) is 0 Å². The third-order valence-electron chi connectivity index (χ3n) is 6.52. The molecule has 4 aliphatic rings. The van der Waals surface area contributed by atoms with E-state index in [0.717, 1.165) is 30.1 Å². The second-order valence-corrected chi connectivity index (χ2v) is 7.89. The van der Waals surface area contributed by atoms with Gasteiger partial charge in [0.25, 0.3) is 0 Å². The number of hydrogen-bond donors (Lipinski definition) is 0. The van der Waals surface area contributed by atoms with Crippen LogP contribution in [0.4, 0.5) is 0 Å². The first-order chi connectivity index (χ1) is 9.79. The van der Waals surface area contributed by atoms with Crippen molar-refractivity contribution in [3.05, 3.63) is 42.8 Å². The van der Waals surface area contributed by atoms with Crippen LogP contribution in [0.1, 0.15) is 62.8 Å². The van der Waals surface area contributed by atoms with Crippen molar-refractivity contribution in [2.75, 3.05) is 0 Å². The SMILES string of the molecule is [CH2]CCC(c1ccccc1)C12CC3CC(CC(C3)C1)C2. The van der Waals surface area contributed by atoms with E-state index in [1.807, 2.05) is 0 Å². The first-order valence-corrected chi connectivity index (χ1v) is 8.63. The summed E-state index contributed by atoms with van der Waals surface area (Å²) in [7, 11) is 0. The minimum Gasteiger partial charge on any atom is -0.0622 e. The average molecular weight is 267 g/mol. The van der Waals surface area contributed by atoms with Gasteiger partial charge in [0.1, 0.15) is 0 Å². The van der Waals surface area contributed by atoms with E-state index < -0.39 is 0 Å². The molecular weight excluding hydrogens is 240 g/mol. The monoisotopic (exact) mass is 267 g/mol. The van der Waals surface area contributed by atoms with Crippen LogP contribution in [0.2, 0.25) is 0 Å². The van der Waals surface area contributed by atoms with Gasteiger partial charge in [-0.1, -0.05) is 43.7 Å². The number of hydrogen-bond acceptors (Lipinski definition) is 0. The van der Waals surface area contributed by atoms with Crippen molar-refractivity contribution >= 4 is 0 Å². The van der Waals surface area contributed by atoms with Crippen LogP contribution in [0.5, 0.6) is 0 Å². The minimum absolute atomic E-state index is 0.633. The molecule has 0 saturated heterocycles. The molecule has 4 aliphatic carbocycles. The summed E-state index contributed by atoms with van der Waals surface area (Å²) in [6, 6.07) is 11.4. The van der Waals surface area contributed by atoms with E-state index in [1.165, 1.54) is 25.7 Å². The first kappa shape index (κ1) is 12.9. The highest BCUT2D eigenvalue weighted by atomic mass is 14.6. The molecule has 4 bridgehead atoms. The third-order valence-corrected chi connectivity index (χ3v) is 6.52. The molecule has 1 atom stereocenters. The van der Waals surface area contributed by atoms with Gasteiger partial charge in [-0.15, -0.1) is 0 Å². The molecule has 5 rings (SSSR count). The Balaban J connectivity index is 1.69. The number of rotatable bonds is 4. The molecule has 4 fully saturated rings. The Labute approximate surface area is 124 Å². The van der Waals surface area contributed by atoms with Gasteiger partial charge in [-0.25, -0.2) is 0 Å². The van der Waals surface area contributed by atoms with Crippen molar-refractivity contribution in [2.24, 2.45) is 23.2 Å². The highest BCUT2D eigenvalue weighted by Gasteiger charge is 2.53. The topological polar surface area (TPSA) is 0 Å². The van der Waals surface area contributed by atoms with Crippen LogP contribution in [-0.4, -0.2) is 0 Å². The second-order valence-electron chi connectivity index (χ2n) is 7.89. The summed E-state index contributed by atoms with van der Waals surface area (Å²) < 4.78 is 0. The minimum atomic E-state index is 0.633. The summed E-state index contributed by atoms with van der Waals surface area (Å²) in [4.78, 5) is 0. The Morgan fingerprint density at radius 1 is 0.950 bits per heavy atom. The zero-order valence-electron chi connectivity index (χ0n) is 12.6. The van der Waals surface area contributed by atoms with Gasteiger partial charge in [-0.05, 0) is 79.6 Å². The first-order valence-electron chi connectivity index (χ1n) is 8.63. The fraction of sp³-hybridized carbons (Fsp3) is 0.650. The van der Waals surface area contributed by atoms with Crippen LogP contribution in [0.3, 0.4) is 0 Å². The molecule has 0 N–H and O–H groups in total. The molecule has 0 heteroatoms. The fourth-order valence-corrected chi connectivity index (χ4v) is 6.32. The van der Waals surface area contributed by atoms with Gasteiger partial charge in [-0.2, -0.15) is 0 Å². The van der Waals surface area contributed by atoms with E-state index in [4.69, 9.17) is 0 Å². The normalized spacial score (nSPS) is 40.0. The largest absolute Gasteiger partial charge is 0.0622 e. The van der Waals surface area contributed by atoms with Gasteiger partial charge in [-0.3, -0.25) is 0 Å². The van der Waals surface area contributed by atoms with Crippen molar-refractivity contribution in [1.29, 1.82) is 0 Å². The van der Waals surface area contributed by atoms with Crippen molar-refractivity contribution in [3.8, 4) is 0 Å². The molecule has 107 valence electrons. The van der Waals surface area contributed by atoms with Gasteiger partial charge in [0.2, 0.25) is 0 Å². The van der Waals surface area contributed by atoms with E-state index in [9.17, 15) is 0 Å². The zero-order valence-corrected chi connectivity index (χ0v) is 12.6. The smallest absolute Gasteiger partial charge is 0.0105 e. The van der Waals surface area contributed by atoms with E-state index in [1.54, 1.807) is 24.8 Å². The molecule has 0 spiro atoms. The third kappa shape index (κ3) is 2.03. The lowest BCUT2D eigenvalue weighted by Gasteiger charge is -2.60. The lowest BCUT2D eigenvalue weighted by molar-refractivity contribution is -0.0700. The summed E-state index contributed by atoms with van der Waals surface area (Å²) in [5.74, 6) is 3.93. The fourth-order valence-electron chi connectivity index (χ4n) is 6.32. The van der Waals surface area contributed by atoms with Crippen LogP contribution in [0.15, 0.2) is 30.3 Å². The predicted molar refractivity (Wildman–Crippen MR) is 84.4 cm³/mol. The summed E-state index contributed by atoms with van der Waals surface area (Å²) in [6.45, 7) is 4.18. The summed E-state index contributed by atoms with van der Waals surface area (Å²) >= 11 is 0. The standard InChI is InChI=1S/C20H27/c1-2-6-19(18-7-4-3-5-8-18)20-12-15-9-16(13-20)11-17(10-15)14-20/h3-5,7-8,15-17,19H,1-2,6,9-14H2. The van der Waals surface area contributed by atoms with Gasteiger partial charge in [0, 0.05) is 0 Å². The quantitative estimate of drug-likeness (QED) is 0.666. The number of benzene rings is 1. The highest BCUT2D eigenvalue weighted by Crippen LogP contribution is 2.65. The molecular formula is C20H27. The van der Waals surface area contributed by atoms with E-state index in [2.05, 4.69) is 37.3 Å². The highest BCUT2D eigenvalue weighted by molar-refractivity contribution is 5.24. The molecule has 1 unspecified atom stereocenters. The Hall–Kier alpha value is -0.780. The van der Waals surface area contributed by atoms with Gasteiger partial charge in [0.05, 0.1) is 0 Å². The maximum absolute atomic E-state index is 4.18. The summed E-state index contributed by atoms with van der Waals surface area (Å²) in [5.41, 5.74) is 2.23. The van der Waals surface area contributed by atoms with Crippen molar-refractivity contribution < 1.29 is 0 Å². The molecule has 0 amide bonds. The van der Waals surface area contributed by atoms with E-state index >= 15 is 0 Å². The maximum atomic E-state index is 4.18. The Morgan fingerprint density at radius 3 is 2.00 bits per heavy atom. The van der Waals surface area contributed by atoms with Crippen LogP contribution < -0.4 is 0 Å². The van der Waals surface area contributed by atoms with Crippen LogP contribution in [0, 0.1) is 30.1 Å². The molecule has 1 aromatic rings. The van der Waals surface area contributed by atoms with E-state index in [0.29, 0.717) is 5.41 Å². The molecule has 0 aliphatic heterocycles. The molecule has 0 heterocycles. The predicted octanol–water partition coefficient (Wildman–Crippen LogP) is 5.60. The molecule has 0 aromatic heterocycles. The molecule has 1 radical (unpaired) electrons. The lowest BCUT2D eigenvalue weighted by atomic mass is 9.45. The van der Waals surface area contributed by atoms with Gasteiger partial charge >= 0.3 is 0 Å². The van der Waals surface area contributed by atoms with Crippen molar-refractivity contribution in [1.82, 2.24) is 0 Å². The summed E-state index contributed by atoms with van der Waals surface area (Å²) in [6.07, 6.45) is 11.6. The second kappa shape index (κ2) is 4.90. The van der Waals surface area contributed by atoms with Crippen LogP contribution in [0.25, 0.3) is 0 Å². The summed E-state index contributed by atoms with van der Waals surface area (Å²) in [5, 5.41) is 0. The van der Waals surface area contributed by atoms with Crippen LogP contribution in [-0.2, 0) is 0 Å². The Kier molecular flexibility index (Phi) is 3.16. The Bertz CT molecular complexity index is 423. The van der Waals surface area contributed by atoms with Crippen LogP contribution >= 0.6 is 0 Å². The Morgan fingerprint density at radius 2 is 1.50 bits per heavy atom. The molecule has 0 nitrogen and oxygen atoms in total. The maximum Gasteiger partial charge on any atom is -0.0105 e. The zero-order chi connectivity index (χ0) is 13.6. The molecule has 20 heavy (non-hydrogen) atoms. The molecule has 1 aromatic carbocycles. The molecule has 4 saturated carbocycles. The lowest BCUT2D eigenvalue weighted by Crippen LogP contribution is -2.48. The van der Waals surface area contributed by atoms with Crippen molar-refractivity contribution in [3.63, 3.8) is 0 Å². The van der Waals surface area contributed by atoms with Gasteiger partial charge < -0.3 is 0 Å². The van der Waals surface area contributed by atoms with Crippen molar-refractivity contribution in [2.45, 2.75) is 57.3 Å².